The monoisotopic (exact) mass is 366 g/mol. The molecule has 1 fully saturated rings. The number of urea groups is 1. The van der Waals surface area contributed by atoms with Crippen LogP contribution in [0.3, 0.4) is 0 Å². The molecule has 1 aliphatic rings. The molecule has 1 saturated heterocycles. The predicted octanol–water partition coefficient (Wildman–Crippen LogP) is 3.77. The molecule has 0 spiro atoms. The van der Waals surface area contributed by atoms with E-state index in [0.717, 1.165) is 35.3 Å². The molecule has 6 heteroatoms. The molecular formula is C21H26N4O2. The smallest absolute Gasteiger partial charge is 0.321 e. The Bertz CT molecular complexity index is 850. The van der Waals surface area contributed by atoms with Gasteiger partial charge in [0.05, 0.1) is 5.92 Å². The highest BCUT2D eigenvalue weighted by Gasteiger charge is 2.28. The second-order valence-electron chi connectivity index (χ2n) is 7.15. The van der Waals surface area contributed by atoms with Gasteiger partial charge in [-0.15, -0.1) is 0 Å². The fourth-order valence-corrected chi connectivity index (χ4v) is 3.31. The number of hydrogen-bond donors (Lipinski definition) is 3. The molecular weight excluding hydrogens is 340 g/mol. The summed E-state index contributed by atoms with van der Waals surface area (Å²) in [6.45, 7) is 4.97. The number of anilines is 3. The zero-order valence-electron chi connectivity index (χ0n) is 15.8. The number of nitrogens with zero attached hydrogens (tertiary/aromatic N) is 1. The van der Waals surface area contributed by atoms with Crippen LogP contribution < -0.4 is 16.4 Å². The van der Waals surface area contributed by atoms with E-state index in [2.05, 4.69) is 10.6 Å². The summed E-state index contributed by atoms with van der Waals surface area (Å²) in [7, 11) is 0. The summed E-state index contributed by atoms with van der Waals surface area (Å²) in [5.41, 5.74) is 9.96. The Morgan fingerprint density at radius 2 is 1.93 bits per heavy atom. The van der Waals surface area contributed by atoms with E-state index in [1.54, 1.807) is 11.0 Å². The fraction of sp³-hybridized carbons (Fsp3) is 0.333. The number of hydrogen-bond acceptors (Lipinski definition) is 3. The second kappa shape index (κ2) is 8.12. The van der Waals surface area contributed by atoms with E-state index >= 15 is 0 Å². The van der Waals surface area contributed by atoms with Crippen LogP contribution in [0.1, 0.15) is 24.0 Å². The Balaban J connectivity index is 1.62. The van der Waals surface area contributed by atoms with Gasteiger partial charge in [0, 0.05) is 30.2 Å². The van der Waals surface area contributed by atoms with Crippen LogP contribution in [0.15, 0.2) is 42.5 Å². The van der Waals surface area contributed by atoms with Gasteiger partial charge in [-0.1, -0.05) is 18.2 Å². The zero-order chi connectivity index (χ0) is 19.4. The zero-order valence-corrected chi connectivity index (χ0v) is 15.8. The minimum Gasteiger partial charge on any atom is -0.399 e. The van der Waals surface area contributed by atoms with Crippen molar-refractivity contribution < 1.29 is 9.59 Å². The Morgan fingerprint density at radius 3 is 2.70 bits per heavy atom. The summed E-state index contributed by atoms with van der Waals surface area (Å²) < 4.78 is 0. The third-order valence-corrected chi connectivity index (χ3v) is 4.87. The van der Waals surface area contributed by atoms with Crippen LogP contribution in [0, 0.1) is 19.8 Å². The Kier molecular flexibility index (Phi) is 5.64. The third-order valence-electron chi connectivity index (χ3n) is 4.87. The molecule has 3 rings (SSSR count). The maximum absolute atomic E-state index is 12.7. The minimum atomic E-state index is -0.233. The van der Waals surface area contributed by atoms with Crippen LogP contribution in [0.2, 0.25) is 0 Å². The molecule has 0 aliphatic carbocycles. The van der Waals surface area contributed by atoms with E-state index in [-0.39, 0.29) is 17.9 Å². The van der Waals surface area contributed by atoms with Crippen molar-refractivity contribution in [1.29, 1.82) is 0 Å². The van der Waals surface area contributed by atoms with Crippen LogP contribution >= 0.6 is 0 Å². The average Bonchev–Trinajstić information content (AvgIpc) is 2.65. The molecule has 0 bridgehead atoms. The van der Waals surface area contributed by atoms with Crippen LogP contribution in [-0.2, 0) is 4.79 Å². The SMILES string of the molecule is Cc1cccc(NC(=O)N2CCCC(C(=O)Nc3cc(N)ccc3C)C2)c1. The molecule has 0 saturated carbocycles. The van der Waals surface area contributed by atoms with Crippen LogP contribution in [0.4, 0.5) is 21.9 Å². The summed E-state index contributed by atoms with van der Waals surface area (Å²) in [5.74, 6) is -0.306. The van der Waals surface area contributed by atoms with Gasteiger partial charge in [0.2, 0.25) is 5.91 Å². The highest BCUT2D eigenvalue weighted by molar-refractivity contribution is 5.95. The van der Waals surface area contributed by atoms with Crippen molar-refractivity contribution in [2.24, 2.45) is 5.92 Å². The predicted molar refractivity (Wildman–Crippen MR) is 109 cm³/mol. The first-order valence-corrected chi connectivity index (χ1v) is 9.22. The molecule has 1 aliphatic heterocycles. The molecule has 2 aromatic carbocycles. The van der Waals surface area contributed by atoms with E-state index < -0.39 is 0 Å². The number of nitrogen functional groups attached to an aromatic ring is 1. The highest BCUT2D eigenvalue weighted by Crippen LogP contribution is 2.23. The normalized spacial score (nSPS) is 16.7. The lowest BCUT2D eigenvalue weighted by Gasteiger charge is -2.32. The molecule has 6 nitrogen and oxygen atoms in total. The number of rotatable bonds is 3. The van der Waals surface area contributed by atoms with Crippen LogP contribution in [-0.4, -0.2) is 29.9 Å². The summed E-state index contributed by atoms with van der Waals surface area (Å²) in [6.07, 6.45) is 1.57. The first kappa shape index (κ1) is 18.8. The standard InChI is InChI=1S/C21H26N4O2/c1-14-5-3-7-18(11-14)23-21(27)25-10-4-6-16(13-25)20(26)24-19-12-17(22)9-8-15(19)2/h3,5,7-9,11-12,16H,4,6,10,13,22H2,1-2H3,(H,23,27)(H,24,26). The topological polar surface area (TPSA) is 87.5 Å². The number of piperidine rings is 1. The van der Waals surface area contributed by atoms with Gasteiger partial charge >= 0.3 is 6.03 Å². The number of nitrogens with one attached hydrogen (secondary N) is 2. The van der Waals surface area contributed by atoms with Crippen molar-refractivity contribution >= 4 is 29.0 Å². The number of aryl methyl sites for hydroxylation is 2. The molecule has 4 N–H and O–H groups in total. The molecule has 3 amide bonds. The molecule has 142 valence electrons. The van der Waals surface area contributed by atoms with Crippen molar-refractivity contribution in [3.63, 3.8) is 0 Å². The molecule has 1 atom stereocenters. The largest absolute Gasteiger partial charge is 0.399 e. The number of nitrogens with two attached hydrogens (primary N) is 1. The van der Waals surface area contributed by atoms with Gasteiger partial charge in [-0.25, -0.2) is 4.79 Å². The number of carbonyl (C=O) groups is 2. The average molecular weight is 366 g/mol. The Hall–Kier alpha value is -3.02. The minimum absolute atomic E-state index is 0.0724. The van der Waals surface area contributed by atoms with Gasteiger partial charge in [-0.2, -0.15) is 0 Å². The van der Waals surface area contributed by atoms with Crippen LogP contribution in [0.5, 0.6) is 0 Å². The molecule has 0 radical (unpaired) electrons. The van der Waals surface area contributed by atoms with Gasteiger partial charge in [0.15, 0.2) is 0 Å². The number of benzene rings is 2. The maximum atomic E-state index is 12.7. The van der Waals surface area contributed by atoms with Gasteiger partial charge < -0.3 is 21.3 Å². The van der Waals surface area contributed by atoms with E-state index in [9.17, 15) is 9.59 Å². The maximum Gasteiger partial charge on any atom is 0.321 e. The number of amides is 3. The van der Waals surface area contributed by atoms with E-state index in [4.69, 9.17) is 5.73 Å². The highest BCUT2D eigenvalue weighted by atomic mass is 16.2. The van der Waals surface area contributed by atoms with Crippen molar-refractivity contribution in [2.45, 2.75) is 26.7 Å². The Labute approximate surface area is 159 Å². The lowest BCUT2D eigenvalue weighted by molar-refractivity contribution is -0.121. The lowest BCUT2D eigenvalue weighted by Crippen LogP contribution is -2.45. The molecule has 0 aromatic heterocycles. The summed E-state index contributed by atoms with van der Waals surface area (Å²) in [5, 5.41) is 5.88. The van der Waals surface area contributed by atoms with Crippen molar-refractivity contribution in [3.8, 4) is 0 Å². The van der Waals surface area contributed by atoms with E-state index in [1.165, 1.54) is 0 Å². The summed E-state index contributed by atoms with van der Waals surface area (Å²) in [4.78, 5) is 27.0. The van der Waals surface area contributed by atoms with E-state index in [1.807, 2.05) is 50.2 Å². The molecule has 27 heavy (non-hydrogen) atoms. The van der Waals surface area contributed by atoms with Gasteiger partial charge in [0.1, 0.15) is 0 Å². The number of carbonyl (C=O) groups excluding carboxylic acids is 2. The van der Waals surface area contributed by atoms with Crippen molar-refractivity contribution in [1.82, 2.24) is 4.90 Å². The quantitative estimate of drug-likeness (QED) is 0.723. The van der Waals surface area contributed by atoms with Crippen molar-refractivity contribution in [2.75, 3.05) is 29.5 Å². The first-order valence-electron chi connectivity index (χ1n) is 9.22. The van der Waals surface area contributed by atoms with E-state index in [0.29, 0.717) is 18.8 Å². The third kappa shape index (κ3) is 4.78. The van der Waals surface area contributed by atoms with Crippen LogP contribution in [0.25, 0.3) is 0 Å². The first-order chi connectivity index (χ1) is 12.9. The van der Waals surface area contributed by atoms with Gasteiger partial charge in [-0.3, -0.25) is 4.79 Å². The lowest BCUT2D eigenvalue weighted by atomic mass is 9.97. The number of likely N-dealkylation sites (tertiary alicyclic amines) is 1. The molecule has 1 heterocycles. The fourth-order valence-electron chi connectivity index (χ4n) is 3.31. The molecule has 1 unspecified atom stereocenters. The van der Waals surface area contributed by atoms with Gasteiger partial charge in [0.25, 0.3) is 0 Å². The molecule has 2 aromatic rings. The Morgan fingerprint density at radius 1 is 1.11 bits per heavy atom. The summed E-state index contributed by atoms with van der Waals surface area (Å²) in [6, 6.07) is 13.0. The van der Waals surface area contributed by atoms with Gasteiger partial charge in [-0.05, 0) is 62.1 Å². The second-order valence-corrected chi connectivity index (χ2v) is 7.15. The summed E-state index contributed by atoms with van der Waals surface area (Å²) >= 11 is 0. The van der Waals surface area contributed by atoms with Crippen molar-refractivity contribution in [3.05, 3.63) is 53.6 Å².